The first-order valence-corrected chi connectivity index (χ1v) is 4.00. The van der Waals surface area contributed by atoms with Crippen LogP contribution in [0.4, 0.5) is 0 Å². The minimum atomic E-state index is -5.17. The summed E-state index contributed by atoms with van der Waals surface area (Å²) in [6, 6.07) is 0. The van der Waals surface area contributed by atoms with Crippen molar-refractivity contribution in [1.82, 2.24) is 0 Å². The Balaban J connectivity index is -0.000000107. The molecule has 0 aliphatic heterocycles. The van der Waals surface area contributed by atoms with E-state index >= 15 is 0 Å². The molecule has 0 atom stereocenters. The zero-order valence-corrected chi connectivity index (χ0v) is 9.52. The monoisotopic (exact) mass is 430 g/mol. The van der Waals surface area contributed by atoms with Gasteiger partial charge in [0.25, 0.3) is 0 Å². The molecule has 0 amide bonds. The Bertz CT molecular complexity index is 208. The van der Waals surface area contributed by atoms with Crippen molar-refractivity contribution in [1.29, 1.82) is 0 Å². The largest absolute Gasteiger partial charge is 4.00 e. The predicted octanol–water partition coefficient (Wildman–Crippen LogP) is -2.68. The van der Waals surface area contributed by atoms with Crippen molar-refractivity contribution in [3.05, 3.63) is 0 Å². The van der Waals surface area contributed by atoms with Crippen molar-refractivity contribution in [2.45, 2.75) is 0 Å². The molecule has 0 aliphatic rings. The predicted molar refractivity (Wildman–Crippen MR) is 20.9 cm³/mol. The minimum Gasteiger partial charge on any atom is -0.759 e. The molecule has 11 heteroatoms. The van der Waals surface area contributed by atoms with E-state index in [4.69, 9.17) is 35.0 Å². The molecule has 8 nitrogen and oxygen atoms in total. The molecule has 0 rings (SSSR count). The Kier molecular flexibility index (Phi) is 10.1. The molecule has 0 saturated heterocycles. The molecule has 0 aliphatic carbocycles. The Labute approximate surface area is 84.7 Å². The zero-order valence-electron chi connectivity index (χ0n) is 4.49. The third-order valence-electron chi connectivity index (χ3n) is 0. The Morgan fingerprint density at radius 2 is 0.636 bits per heavy atom. The molecule has 0 bridgehead atoms. The Morgan fingerprint density at radius 1 is 0.636 bits per heavy atom. The summed E-state index contributed by atoms with van der Waals surface area (Å²) in [5.41, 5.74) is 0. The van der Waals surface area contributed by atoms with Crippen molar-refractivity contribution in [3.8, 4) is 0 Å². The van der Waals surface area contributed by atoms with Gasteiger partial charge in [-0.1, -0.05) is 0 Å². The molecule has 66 valence electrons. The van der Waals surface area contributed by atoms with Gasteiger partial charge in [-0.15, -0.1) is 0 Å². The van der Waals surface area contributed by atoms with Gasteiger partial charge in [-0.25, -0.2) is 0 Å². The second kappa shape index (κ2) is 6.27. The van der Waals surface area contributed by atoms with Gasteiger partial charge in [0.05, 0.1) is 0 Å². The molecule has 0 heterocycles. The fourth-order valence-electron chi connectivity index (χ4n) is 0. The van der Waals surface area contributed by atoms with Crippen LogP contribution in [-0.4, -0.2) is 35.0 Å². The van der Waals surface area contributed by atoms with E-state index in [2.05, 4.69) is 0 Å². The summed E-state index contributed by atoms with van der Waals surface area (Å²) < 4.78 is 68.2. The number of hydrogen-bond acceptors (Lipinski definition) is 8. The van der Waals surface area contributed by atoms with E-state index in [1.165, 1.54) is 0 Å². The average Bonchev–Trinajstić information content (AvgIpc) is 1.12. The molecule has 0 spiro atoms. The third kappa shape index (κ3) is 1550. The van der Waals surface area contributed by atoms with Gasteiger partial charge in [0.1, 0.15) is 0 Å². The van der Waals surface area contributed by atoms with Crippen LogP contribution in [0.5, 0.6) is 0 Å². The first kappa shape index (κ1) is 17.7. The van der Waals surface area contributed by atoms with Crippen LogP contribution in [0.15, 0.2) is 0 Å². The quantitative estimate of drug-likeness (QED) is 0.293. The van der Waals surface area contributed by atoms with Gasteiger partial charge in [0, 0.05) is 20.8 Å². The molecular formula is O8PuS2. The standard InChI is InChI=1S/2H2O4S.Pu/c2*1-5(2,3)4;/h2*(H2,1,2,3,4);/q;;+4/p-4. The molecule has 0 aromatic carbocycles. The maximum Gasteiger partial charge on any atom is 4.00 e. The van der Waals surface area contributed by atoms with Gasteiger partial charge in [0.2, 0.25) is 0 Å². The molecule has 0 saturated carbocycles. The van der Waals surface area contributed by atoms with Gasteiger partial charge in [-0.3, -0.25) is 16.8 Å². The van der Waals surface area contributed by atoms with Crippen molar-refractivity contribution >= 4 is 20.8 Å². The maximum atomic E-state index is 8.52. The van der Waals surface area contributed by atoms with Gasteiger partial charge >= 0.3 is 29.2 Å². The van der Waals surface area contributed by atoms with Crippen LogP contribution < -0.4 is 0 Å². The van der Waals surface area contributed by atoms with Crippen LogP contribution in [0.1, 0.15) is 0 Å². The molecular weight excluding hydrogens is 436 g/mol. The van der Waals surface area contributed by atoms with Crippen LogP contribution in [0, 0.1) is 29.2 Å². The van der Waals surface area contributed by atoms with Crippen molar-refractivity contribution in [2.24, 2.45) is 0 Å². The summed E-state index contributed by atoms with van der Waals surface area (Å²) in [4.78, 5) is 0. The molecule has 0 fully saturated rings. The van der Waals surface area contributed by atoms with E-state index in [0.717, 1.165) is 0 Å². The van der Waals surface area contributed by atoms with Crippen LogP contribution in [0.3, 0.4) is 0 Å². The van der Waals surface area contributed by atoms with E-state index in [9.17, 15) is 0 Å². The van der Waals surface area contributed by atoms with Crippen molar-refractivity contribution in [2.75, 3.05) is 0 Å². The van der Waals surface area contributed by atoms with Crippen molar-refractivity contribution < 1.29 is 64.2 Å². The fourth-order valence-corrected chi connectivity index (χ4v) is 0. The number of rotatable bonds is 0. The molecule has 11 heavy (non-hydrogen) atoms. The molecule has 0 aromatic heterocycles. The van der Waals surface area contributed by atoms with Crippen LogP contribution in [-0.2, 0) is 20.8 Å². The van der Waals surface area contributed by atoms with Gasteiger partial charge in [-0.2, -0.15) is 0 Å². The topological polar surface area (TPSA) is 161 Å². The summed E-state index contributed by atoms with van der Waals surface area (Å²) in [5, 5.41) is 0. The van der Waals surface area contributed by atoms with E-state index in [1.807, 2.05) is 0 Å². The first-order chi connectivity index (χ1) is 4.00. The van der Waals surface area contributed by atoms with E-state index in [1.54, 1.807) is 0 Å². The van der Waals surface area contributed by atoms with Crippen LogP contribution >= 0.6 is 0 Å². The van der Waals surface area contributed by atoms with Crippen LogP contribution in [0.2, 0.25) is 0 Å². The van der Waals surface area contributed by atoms with E-state index in [-0.39, 0.29) is 29.2 Å². The molecule has 0 N–H and O–H groups in total. The van der Waals surface area contributed by atoms with E-state index in [0.29, 0.717) is 0 Å². The minimum absolute atomic E-state index is 0. The second-order valence-electron chi connectivity index (χ2n) is 0.816. The molecule has 0 aromatic rings. The SMILES string of the molecule is O=S(=O)([O-])[O-].O=S(=O)([O-])[O-].[Pu+4]. The fraction of sp³-hybridized carbons (Fsp3) is 0. The number of hydrogen-bond donors (Lipinski definition) is 0. The van der Waals surface area contributed by atoms with Gasteiger partial charge in [-0.05, 0) is 0 Å². The second-order valence-corrected chi connectivity index (χ2v) is 2.45. The smallest absolute Gasteiger partial charge is 0.759 e. The zero-order chi connectivity index (χ0) is 9.00. The molecule has 0 radical (unpaired) electrons. The third-order valence-corrected chi connectivity index (χ3v) is 0. The van der Waals surface area contributed by atoms with Gasteiger partial charge < -0.3 is 18.2 Å². The Hall–Kier alpha value is 0.727. The normalized spacial score (nSPS) is 10.5. The summed E-state index contributed by atoms with van der Waals surface area (Å²) in [7, 11) is -10.3. The first-order valence-electron chi connectivity index (χ1n) is 1.33. The molecule has 0 unspecified atom stereocenters. The van der Waals surface area contributed by atoms with Gasteiger partial charge in [0.15, 0.2) is 0 Å². The summed E-state index contributed by atoms with van der Waals surface area (Å²) in [6.45, 7) is 0. The van der Waals surface area contributed by atoms with E-state index < -0.39 is 20.8 Å². The summed E-state index contributed by atoms with van der Waals surface area (Å²) in [6.07, 6.45) is 0. The summed E-state index contributed by atoms with van der Waals surface area (Å²) >= 11 is 0. The van der Waals surface area contributed by atoms with Crippen LogP contribution in [0.25, 0.3) is 0 Å². The van der Waals surface area contributed by atoms with Crippen molar-refractivity contribution in [3.63, 3.8) is 0 Å². The summed E-state index contributed by atoms with van der Waals surface area (Å²) in [5.74, 6) is 0. The maximum absolute atomic E-state index is 8.52. The Morgan fingerprint density at radius 3 is 0.636 bits per heavy atom. The average molecular weight is 436 g/mol.